The quantitative estimate of drug-likeness (QED) is 0.0912. The van der Waals surface area contributed by atoms with Crippen molar-refractivity contribution >= 4 is 74.9 Å². The van der Waals surface area contributed by atoms with Crippen LogP contribution in [0.1, 0.15) is 51.4 Å². The third-order valence-corrected chi connectivity index (χ3v) is 10.9. The van der Waals surface area contributed by atoms with Gasteiger partial charge in [-0.1, -0.05) is 108 Å². The molecule has 0 fully saturated rings. The van der Waals surface area contributed by atoms with Gasteiger partial charge in [0.2, 0.25) is 0 Å². The molecule has 8 aromatic carbocycles. The van der Waals surface area contributed by atoms with E-state index in [0.717, 1.165) is 72.9 Å². The summed E-state index contributed by atoms with van der Waals surface area (Å²) in [6.45, 7) is 17.0. The van der Waals surface area contributed by atoms with E-state index in [0.29, 0.717) is 17.9 Å². The number of hydrogen-bond donors (Lipinski definition) is 0. The van der Waals surface area contributed by atoms with Gasteiger partial charge in [-0.15, -0.1) is 0 Å². The van der Waals surface area contributed by atoms with Gasteiger partial charge in [-0.05, 0) is 164 Å². The third-order valence-electron chi connectivity index (χ3n) is 10.9. The average Bonchev–Trinajstić information content (AvgIpc) is 3.30. The molecule has 0 radical (unpaired) electrons. The minimum Gasteiger partial charge on any atom is -0.494 e. The van der Waals surface area contributed by atoms with E-state index < -0.39 is 0 Å². The molecule has 0 atom stereocenters. The van der Waals surface area contributed by atoms with Gasteiger partial charge in [0.15, 0.2) is 5.69 Å². The van der Waals surface area contributed by atoms with E-state index in [-0.39, 0.29) is 0 Å². The predicted molar refractivity (Wildman–Crippen MR) is 260 cm³/mol. The molecule has 8 rings (SSSR count). The van der Waals surface area contributed by atoms with Gasteiger partial charge < -0.3 is 14.5 Å². The minimum absolute atomic E-state index is 0.505. The van der Waals surface area contributed by atoms with Crippen LogP contribution in [0.2, 0.25) is 0 Å². The molecule has 0 heterocycles. The lowest BCUT2D eigenvalue weighted by atomic mass is 9.97. The smallest absolute Gasteiger partial charge is 0.195 e. The second kappa shape index (κ2) is 18.4. The van der Waals surface area contributed by atoms with Gasteiger partial charge >= 0.3 is 0 Å². The van der Waals surface area contributed by atoms with Gasteiger partial charge in [0.1, 0.15) is 5.75 Å². The lowest BCUT2D eigenvalue weighted by molar-refractivity contribution is 0.340. The van der Waals surface area contributed by atoms with Gasteiger partial charge in [-0.3, -0.25) is 0 Å². The van der Waals surface area contributed by atoms with E-state index in [1.54, 1.807) is 0 Å². The molecule has 5 nitrogen and oxygen atoms in total. The van der Waals surface area contributed by atoms with Crippen LogP contribution in [0.15, 0.2) is 170 Å². The van der Waals surface area contributed by atoms with Crippen molar-refractivity contribution in [2.24, 2.45) is 0 Å². The molecule has 0 N–H and O–H groups in total. The summed E-state index contributed by atoms with van der Waals surface area (Å²) in [4.78, 5) is 8.39. The van der Waals surface area contributed by atoms with Crippen molar-refractivity contribution in [3.8, 4) is 11.8 Å². The lowest BCUT2D eigenvalue weighted by Crippen LogP contribution is -2.09. The SMILES string of the molecule is [C-]#[N+]c1cc(/C=C/c2ccc(N(c3ccc(C)cc3)c3ccc(OCC)cc3)cc2)cc2c(C#N)cc(/C=C/c3ccc(N(c4ccc(C)cc4)c4ccc(C)cc4)cc3)cc12. The van der Waals surface area contributed by atoms with E-state index in [1.807, 2.05) is 67.6 Å². The molecule has 8 aromatic rings. The summed E-state index contributed by atoms with van der Waals surface area (Å²) in [5.74, 6) is 0.841. The second-order valence-electron chi connectivity index (χ2n) is 15.4. The molecule has 0 bridgehead atoms. The molecule has 300 valence electrons. The molecule has 62 heavy (non-hydrogen) atoms. The maximum atomic E-state index is 10.3. The van der Waals surface area contributed by atoms with E-state index in [2.05, 4.69) is 175 Å². The first-order chi connectivity index (χ1) is 30.3. The fourth-order valence-electron chi connectivity index (χ4n) is 7.55. The first kappa shape index (κ1) is 40.7. The Balaban J connectivity index is 1.03. The Bertz CT molecular complexity index is 2920. The van der Waals surface area contributed by atoms with Crippen molar-refractivity contribution in [1.29, 1.82) is 5.26 Å². The number of aryl methyl sites for hydroxylation is 3. The molecule has 5 heteroatoms. The molecule has 0 amide bonds. The first-order valence-electron chi connectivity index (χ1n) is 20.8. The van der Waals surface area contributed by atoms with Crippen molar-refractivity contribution in [3.63, 3.8) is 0 Å². The van der Waals surface area contributed by atoms with Crippen molar-refractivity contribution in [2.75, 3.05) is 16.4 Å². The van der Waals surface area contributed by atoms with Crippen molar-refractivity contribution in [2.45, 2.75) is 27.7 Å². The Morgan fingerprint density at radius 1 is 0.484 bits per heavy atom. The molecular formula is C57H46N4O. The fraction of sp³-hybridized carbons (Fsp3) is 0.0877. The van der Waals surface area contributed by atoms with Crippen LogP contribution in [-0.4, -0.2) is 6.61 Å². The Hall–Kier alpha value is -8.12. The van der Waals surface area contributed by atoms with E-state index in [9.17, 15) is 5.26 Å². The Morgan fingerprint density at radius 3 is 1.23 bits per heavy atom. The number of fused-ring (bicyclic) bond motifs is 1. The van der Waals surface area contributed by atoms with Crippen LogP contribution in [0.3, 0.4) is 0 Å². The average molecular weight is 803 g/mol. The van der Waals surface area contributed by atoms with Crippen LogP contribution >= 0.6 is 0 Å². The highest BCUT2D eigenvalue weighted by Crippen LogP contribution is 2.38. The topological polar surface area (TPSA) is 43.9 Å². The minimum atomic E-state index is 0.505. The number of rotatable bonds is 12. The maximum absolute atomic E-state index is 10.3. The van der Waals surface area contributed by atoms with Crippen LogP contribution in [0.5, 0.6) is 5.75 Å². The van der Waals surface area contributed by atoms with Crippen LogP contribution in [0, 0.1) is 38.7 Å². The Kier molecular flexibility index (Phi) is 12.1. The highest BCUT2D eigenvalue weighted by molar-refractivity contribution is 6.01. The zero-order valence-corrected chi connectivity index (χ0v) is 35.4. The van der Waals surface area contributed by atoms with E-state index in [4.69, 9.17) is 11.3 Å². The number of nitriles is 1. The van der Waals surface area contributed by atoms with Crippen molar-refractivity contribution < 1.29 is 4.74 Å². The summed E-state index contributed by atoms with van der Waals surface area (Å²) in [6.07, 6.45) is 8.10. The van der Waals surface area contributed by atoms with Crippen LogP contribution in [0.4, 0.5) is 39.8 Å². The zero-order valence-electron chi connectivity index (χ0n) is 35.4. The van der Waals surface area contributed by atoms with Gasteiger partial charge in [-0.2, -0.15) is 5.26 Å². The van der Waals surface area contributed by atoms with E-state index >= 15 is 0 Å². The first-order valence-corrected chi connectivity index (χ1v) is 20.8. The van der Waals surface area contributed by atoms with Crippen LogP contribution in [0.25, 0.3) is 39.9 Å². The van der Waals surface area contributed by atoms with Crippen LogP contribution in [-0.2, 0) is 0 Å². The predicted octanol–water partition coefficient (Wildman–Crippen LogP) is 15.9. The van der Waals surface area contributed by atoms with Crippen molar-refractivity contribution in [1.82, 2.24) is 0 Å². The van der Waals surface area contributed by atoms with Gasteiger partial charge in [-0.25, -0.2) is 4.85 Å². The summed E-state index contributed by atoms with van der Waals surface area (Å²) < 4.78 is 5.70. The Morgan fingerprint density at radius 2 is 0.839 bits per heavy atom. The highest BCUT2D eigenvalue weighted by Gasteiger charge is 2.15. The third kappa shape index (κ3) is 9.19. The lowest BCUT2D eigenvalue weighted by Gasteiger charge is -2.26. The molecule has 0 aromatic heterocycles. The van der Waals surface area contributed by atoms with Crippen molar-refractivity contribution in [3.05, 3.63) is 226 Å². The molecular weight excluding hydrogens is 757 g/mol. The van der Waals surface area contributed by atoms with Gasteiger partial charge in [0.25, 0.3) is 0 Å². The molecule has 0 aliphatic rings. The number of anilines is 6. The van der Waals surface area contributed by atoms with Gasteiger partial charge in [0, 0.05) is 34.1 Å². The van der Waals surface area contributed by atoms with Crippen LogP contribution < -0.4 is 14.5 Å². The van der Waals surface area contributed by atoms with Gasteiger partial charge in [0.05, 0.1) is 24.8 Å². The highest BCUT2D eigenvalue weighted by atomic mass is 16.5. The summed E-state index contributed by atoms with van der Waals surface area (Å²) in [6, 6.07) is 60.9. The Labute approximate surface area is 365 Å². The maximum Gasteiger partial charge on any atom is 0.195 e. The largest absolute Gasteiger partial charge is 0.494 e. The number of benzene rings is 8. The fourth-order valence-corrected chi connectivity index (χ4v) is 7.55. The second-order valence-corrected chi connectivity index (χ2v) is 15.4. The number of nitrogens with zero attached hydrogens (tertiary/aromatic N) is 4. The molecule has 0 spiro atoms. The number of hydrogen-bond acceptors (Lipinski definition) is 4. The summed E-state index contributed by atoms with van der Waals surface area (Å²) >= 11 is 0. The monoisotopic (exact) mass is 802 g/mol. The molecule has 0 unspecified atom stereocenters. The van der Waals surface area contributed by atoms with E-state index in [1.165, 1.54) is 16.7 Å². The zero-order chi connectivity index (χ0) is 43.0. The summed E-state index contributed by atoms with van der Waals surface area (Å²) in [5.41, 5.74) is 14.8. The summed E-state index contributed by atoms with van der Waals surface area (Å²) in [5, 5.41) is 11.8. The normalized spacial score (nSPS) is 11.1. The number of ether oxygens (including phenoxy) is 1. The molecule has 0 saturated carbocycles. The molecule has 0 aliphatic carbocycles. The standard InChI is InChI=1S/C57H46N4O/c1-6-62-54-33-31-53(32-34-54)61(50-25-11-42(4)12-26-50)52-29-19-44(20-30-52)14-16-46-36-55-47(39-58)35-45(37-56(55)57(38-46)59-5)15-13-43-17-27-51(28-18-43)60(48-21-7-40(2)8-22-48)49-23-9-41(3)10-24-49/h7-38H,6H2,1-4H3/b15-13+,16-14+. The molecule has 0 aliphatic heterocycles. The molecule has 0 saturated heterocycles. The summed E-state index contributed by atoms with van der Waals surface area (Å²) in [7, 11) is 0.